The fourth-order valence-electron chi connectivity index (χ4n) is 11.5. The molecule has 3 aromatic carbocycles. The van der Waals surface area contributed by atoms with Crippen LogP contribution in [-0.4, -0.2) is 101 Å². The Labute approximate surface area is 588 Å². The second-order valence-electron chi connectivity index (χ2n) is 28.6. The summed E-state index contributed by atoms with van der Waals surface area (Å²) in [5, 5.41) is 56.2. The van der Waals surface area contributed by atoms with E-state index < -0.39 is 52.2 Å². The Morgan fingerprint density at radius 1 is 0.562 bits per heavy atom. The third-order valence-corrected chi connectivity index (χ3v) is 25.1. The Bertz CT molecular complexity index is 3880. The molecule has 7 N–H and O–H groups in total. The number of rotatable bonds is 28. The summed E-state index contributed by atoms with van der Waals surface area (Å²) < 4.78 is 51.2. The van der Waals surface area contributed by atoms with E-state index in [1.165, 1.54) is 38.7 Å². The van der Waals surface area contributed by atoms with Crippen LogP contribution in [0.25, 0.3) is 10.8 Å². The molecule has 0 aliphatic carbocycles. The van der Waals surface area contributed by atoms with Crippen molar-refractivity contribution in [1.29, 1.82) is 0 Å². The molecular weight excluding hydrogens is 1310 g/mol. The molecule has 3 atom stereocenters. The lowest BCUT2D eigenvalue weighted by atomic mass is 9.73. The molecule has 0 spiro atoms. The van der Waals surface area contributed by atoms with Crippen LogP contribution in [0.3, 0.4) is 0 Å². The van der Waals surface area contributed by atoms with E-state index in [0.717, 1.165) is 92.5 Å². The predicted octanol–water partition coefficient (Wildman–Crippen LogP) is 18.1. The average Bonchev–Trinajstić information content (AvgIpc) is 1.50. The van der Waals surface area contributed by atoms with E-state index in [9.17, 15) is 38.4 Å². The third-order valence-electron chi connectivity index (χ3n) is 18.8. The number of aromatic nitrogens is 2. The SMILES string of the molecule is CCC(CC)(c1ccc(OCC(O)C(C)(C)C)c(C(C)C)c1)c1ccc(C(=O)O)s1.CCC(CC)(c1ccc(OCC(O)C(C)(C)C)c(C)c1)c1cc(C)c(-c2n[nH]c(=S)o2)s1.CCC(CC)(c1ccc(OCC(O)C(C)(C)C)c(C)c1)c1cc(C)c(S(=O)(=O)NCC(=O)O)s1. The van der Waals surface area contributed by atoms with Crippen molar-refractivity contribution in [2.24, 2.45) is 16.2 Å². The molecule has 4 aromatic heterocycles. The standard InChI is InChI=1S/C25H34N2O3S2.C25H37NO6S2.C25H36O4S/c1-8-25(9-2,20-13-16(4)21(32-20)22-26-27-23(31)30-22)17-10-11-18(15(3)12-17)29-14-19(28)24(5,6)7;1-8-25(9-2,21-13-17(4)23(33-21)34(30,31)26-14-22(28)29)18-10-11-19(16(3)12-18)32-15-20(27)24(5,6)7;1-8-25(9-2,22-13-12-20(30-22)23(27)28)17-10-11-19(18(14-17)16(3)4)29-15-21(26)24(5,6)7/h10-13,19,28H,8-9,14H2,1-7H3,(H,27,31);10-13,20,26-27H,8-9,14-15H2,1-7H3,(H,28,29);10-14,16,21,26H,8-9,15H2,1-7H3,(H,27,28). The molecule has 0 bridgehead atoms. The van der Waals surface area contributed by atoms with Crippen LogP contribution < -0.4 is 18.9 Å². The zero-order valence-corrected chi connectivity index (χ0v) is 64.5. The van der Waals surface area contributed by atoms with E-state index in [-0.39, 0.29) is 61.9 Å². The van der Waals surface area contributed by atoms with E-state index in [0.29, 0.717) is 22.1 Å². The smallest absolute Gasteiger partial charge is 0.345 e. The zero-order valence-electron chi connectivity index (χ0n) is 60.4. The maximum atomic E-state index is 12.7. The predicted molar refractivity (Wildman–Crippen MR) is 393 cm³/mol. The van der Waals surface area contributed by atoms with Gasteiger partial charge in [0.15, 0.2) is 0 Å². The van der Waals surface area contributed by atoms with Crippen molar-refractivity contribution in [1.82, 2.24) is 14.9 Å². The summed E-state index contributed by atoms with van der Waals surface area (Å²) in [5.74, 6) is 1.01. The number of sulfonamides is 1. The van der Waals surface area contributed by atoms with E-state index in [2.05, 4.69) is 121 Å². The summed E-state index contributed by atoms with van der Waals surface area (Å²) in [6, 6.07) is 26.5. The summed E-state index contributed by atoms with van der Waals surface area (Å²) >= 11 is 9.32. The largest absolute Gasteiger partial charge is 0.491 e. The number of aliphatic hydroxyl groups excluding tert-OH is 3. The van der Waals surface area contributed by atoms with Gasteiger partial charge in [-0.25, -0.2) is 18.3 Å². The molecule has 530 valence electrons. The molecule has 7 rings (SSSR count). The summed E-state index contributed by atoms with van der Waals surface area (Å²) in [5.41, 5.74) is 6.87. The van der Waals surface area contributed by atoms with Crippen LogP contribution in [0.2, 0.25) is 0 Å². The van der Waals surface area contributed by atoms with Gasteiger partial charge in [0.25, 0.3) is 20.8 Å². The number of aliphatic carboxylic acids is 1. The maximum Gasteiger partial charge on any atom is 0.345 e. The summed E-state index contributed by atoms with van der Waals surface area (Å²) in [6.07, 6.45) is 3.53. The van der Waals surface area contributed by atoms with Gasteiger partial charge in [-0.1, -0.05) is 154 Å². The van der Waals surface area contributed by atoms with Gasteiger partial charge >= 0.3 is 11.9 Å². The number of aromatic amines is 1. The van der Waals surface area contributed by atoms with E-state index in [4.69, 9.17) is 36.0 Å². The first-order valence-electron chi connectivity index (χ1n) is 33.3. The number of carbonyl (C=O) groups is 2. The maximum absolute atomic E-state index is 12.7. The molecule has 16 nitrogen and oxygen atoms in total. The molecule has 0 saturated heterocycles. The van der Waals surface area contributed by atoms with Crippen LogP contribution in [0.1, 0.15) is 231 Å². The van der Waals surface area contributed by atoms with Crippen molar-refractivity contribution >= 4 is 68.2 Å². The number of nitrogens with one attached hydrogen (secondary N) is 2. The molecule has 96 heavy (non-hydrogen) atoms. The number of carboxylic acid groups (broad SMARTS) is 2. The molecule has 7 aromatic rings. The van der Waals surface area contributed by atoms with Crippen LogP contribution >= 0.6 is 46.2 Å². The first-order chi connectivity index (χ1) is 44.6. The number of hydrogen-bond acceptors (Lipinski definition) is 16. The van der Waals surface area contributed by atoms with Crippen LogP contribution in [0.4, 0.5) is 0 Å². The lowest BCUT2D eigenvalue weighted by Crippen LogP contribution is -2.32. The average molecular weight is 1420 g/mol. The highest BCUT2D eigenvalue weighted by Crippen LogP contribution is 2.49. The fourth-order valence-corrected chi connectivity index (χ4v) is 17.4. The minimum atomic E-state index is -3.92. The van der Waals surface area contributed by atoms with Crippen molar-refractivity contribution < 1.29 is 62.2 Å². The highest BCUT2D eigenvalue weighted by atomic mass is 32.2. The zero-order chi connectivity index (χ0) is 72.3. The Balaban J connectivity index is 0.000000261. The van der Waals surface area contributed by atoms with Gasteiger partial charge in [-0.3, -0.25) is 4.79 Å². The Morgan fingerprint density at radius 3 is 1.34 bits per heavy atom. The van der Waals surface area contributed by atoms with Crippen LogP contribution in [0.15, 0.2) is 87.5 Å². The monoisotopic (exact) mass is 1420 g/mol. The van der Waals surface area contributed by atoms with Gasteiger partial charge in [0.05, 0.1) is 23.2 Å². The topological polar surface area (TPSA) is 251 Å². The molecule has 0 radical (unpaired) electrons. The quantitative estimate of drug-likeness (QED) is 0.0225. The summed E-state index contributed by atoms with van der Waals surface area (Å²) in [6.45, 7) is 43.0. The first kappa shape index (κ1) is 80.9. The van der Waals surface area contributed by atoms with Crippen molar-refractivity contribution in [3.8, 4) is 28.0 Å². The van der Waals surface area contributed by atoms with Crippen molar-refractivity contribution in [3.63, 3.8) is 0 Å². The highest BCUT2D eigenvalue weighted by molar-refractivity contribution is 7.91. The van der Waals surface area contributed by atoms with Crippen LogP contribution in [0, 0.1) is 48.8 Å². The molecule has 21 heteroatoms. The van der Waals surface area contributed by atoms with Crippen LogP contribution in [0.5, 0.6) is 17.2 Å². The first-order valence-corrected chi connectivity index (χ1v) is 37.6. The van der Waals surface area contributed by atoms with Gasteiger partial charge in [0, 0.05) is 30.9 Å². The Kier molecular flexibility index (Phi) is 28.2. The number of aliphatic hydroxyl groups is 3. The van der Waals surface area contributed by atoms with Crippen molar-refractivity contribution in [2.75, 3.05) is 26.4 Å². The Hall–Kier alpha value is -5.75. The van der Waals surface area contributed by atoms with Crippen LogP contribution in [-0.2, 0) is 31.1 Å². The number of thiophene rings is 3. The van der Waals surface area contributed by atoms with Gasteiger partial charge in [0.2, 0.25) is 0 Å². The highest BCUT2D eigenvalue weighted by Gasteiger charge is 2.38. The number of ether oxygens (including phenoxy) is 3. The number of nitrogens with zero attached hydrogens (tertiary/aromatic N) is 1. The molecule has 3 unspecified atom stereocenters. The van der Waals surface area contributed by atoms with Gasteiger partial charge in [-0.05, 0) is 188 Å². The summed E-state index contributed by atoms with van der Waals surface area (Å²) in [7, 11) is -3.92. The minimum absolute atomic E-state index is 0.116. The molecular formula is C75H107N3O13S5. The van der Waals surface area contributed by atoms with Gasteiger partial charge in [-0.15, -0.1) is 39.1 Å². The lowest BCUT2D eigenvalue weighted by Gasteiger charge is -2.33. The number of carboxylic acids is 2. The third kappa shape index (κ3) is 19.4. The Morgan fingerprint density at radius 2 is 0.969 bits per heavy atom. The molecule has 4 heterocycles. The molecule has 0 aliphatic heterocycles. The van der Waals surface area contributed by atoms with Crippen molar-refractivity contribution in [3.05, 3.63) is 148 Å². The van der Waals surface area contributed by atoms with Gasteiger partial charge in [0.1, 0.15) is 52.7 Å². The van der Waals surface area contributed by atoms with E-state index in [1.807, 2.05) is 106 Å². The fraction of sp³-hybridized carbons (Fsp3) is 0.547. The minimum Gasteiger partial charge on any atom is -0.491 e. The summed E-state index contributed by atoms with van der Waals surface area (Å²) in [4.78, 5) is 27.2. The second kappa shape index (κ2) is 33.4. The van der Waals surface area contributed by atoms with Gasteiger partial charge in [-0.2, -0.15) is 4.72 Å². The molecule has 0 fully saturated rings. The van der Waals surface area contributed by atoms with E-state index >= 15 is 0 Å². The van der Waals surface area contributed by atoms with E-state index in [1.54, 1.807) is 24.3 Å². The normalized spacial score (nSPS) is 13.5. The number of benzene rings is 3. The molecule has 0 amide bonds. The number of H-pyrrole nitrogens is 1. The molecule has 0 saturated carbocycles. The number of aryl methyl sites for hydroxylation is 4. The van der Waals surface area contributed by atoms with Crippen molar-refractivity contribution in [2.45, 2.75) is 229 Å². The molecule has 0 aliphatic rings. The second-order valence-corrected chi connectivity index (χ2v) is 34.1. The van der Waals surface area contributed by atoms with Gasteiger partial charge < -0.3 is 44.2 Å². The number of aromatic carboxylic acids is 1. The lowest BCUT2D eigenvalue weighted by molar-refractivity contribution is -0.135. The number of hydrogen-bond donors (Lipinski definition) is 7.